The van der Waals surface area contributed by atoms with Crippen molar-refractivity contribution in [3.8, 4) is 0 Å². The highest BCUT2D eigenvalue weighted by Gasteiger charge is 2.07. The summed E-state index contributed by atoms with van der Waals surface area (Å²) in [5.41, 5.74) is 0. The number of esters is 1. The van der Waals surface area contributed by atoms with Crippen LogP contribution in [0.15, 0.2) is 0 Å². The van der Waals surface area contributed by atoms with Gasteiger partial charge in [-0.3, -0.25) is 4.79 Å². The molecule has 0 spiro atoms. The van der Waals surface area contributed by atoms with E-state index in [-0.39, 0.29) is 38.5 Å². The molecule has 0 fully saturated rings. The fraction of sp³-hybridized carbons (Fsp3) is 0.955. The van der Waals surface area contributed by atoms with Crippen molar-refractivity contribution < 1.29 is 39.4 Å². The molecule has 0 bridgehead atoms. The zero-order valence-electron chi connectivity index (χ0n) is 19.1. The zero-order valence-corrected chi connectivity index (χ0v) is 19.1. The second-order valence-corrected chi connectivity index (χ2v) is 7.30. The number of hydrogen-bond acceptors (Lipinski definition) is 8. The predicted molar refractivity (Wildman–Crippen MR) is 116 cm³/mol. The molecule has 0 radical (unpaired) electrons. The highest BCUT2D eigenvalue weighted by Crippen LogP contribution is 2.10. The summed E-state index contributed by atoms with van der Waals surface area (Å²) in [7, 11) is 0. The maximum Gasteiger partial charge on any atom is 0.305 e. The molecule has 0 saturated carbocycles. The van der Waals surface area contributed by atoms with Crippen LogP contribution in [0.25, 0.3) is 0 Å². The van der Waals surface area contributed by atoms with Gasteiger partial charge in [0.1, 0.15) is 12.7 Å². The lowest BCUT2D eigenvalue weighted by molar-refractivity contribution is -0.147. The molecule has 2 atom stereocenters. The van der Waals surface area contributed by atoms with Gasteiger partial charge in [0.2, 0.25) is 0 Å². The maximum atomic E-state index is 11.3. The van der Waals surface area contributed by atoms with Crippen LogP contribution in [0.2, 0.25) is 0 Å². The summed E-state index contributed by atoms with van der Waals surface area (Å²) in [5, 5.41) is 34.3. The lowest BCUT2D eigenvalue weighted by atomic mass is 10.1. The topological polar surface area (TPSA) is 126 Å². The molecule has 30 heavy (non-hydrogen) atoms. The molecule has 0 rings (SSSR count). The van der Waals surface area contributed by atoms with E-state index in [1.807, 2.05) is 6.92 Å². The van der Waals surface area contributed by atoms with Crippen LogP contribution in [-0.2, 0) is 19.0 Å². The van der Waals surface area contributed by atoms with Crippen LogP contribution >= 0.6 is 0 Å². The third kappa shape index (κ3) is 27.2. The van der Waals surface area contributed by atoms with Crippen LogP contribution < -0.4 is 0 Å². The van der Waals surface area contributed by atoms with E-state index in [0.717, 1.165) is 12.8 Å². The molecule has 4 N–H and O–H groups in total. The summed E-state index contributed by atoms with van der Waals surface area (Å²) in [6.07, 6.45) is 10.4. The Labute approximate surface area is 182 Å². The molecule has 182 valence electrons. The van der Waals surface area contributed by atoms with Gasteiger partial charge in [0.05, 0.1) is 45.7 Å². The average molecular weight is 439 g/mol. The molecule has 0 aliphatic carbocycles. The first-order chi connectivity index (χ1) is 14.5. The standard InChI is InChI=1S/C15H30O4.C7H16O4/c1-2-3-4-5-6-7-8-9-10-11-15(18)19-13-14(17)12-16;1-7(11-5-3-9)6-10-4-2-8/h14,16-17H,2-13H2,1H3;7-9H,2-6H2,1H3. The monoisotopic (exact) mass is 438 g/mol. The van der Waals surface area contributed by atoms with Crippen LogP contribution in [0.4, 0.5) is 0 Å². The molecule has 0 heterocycles. The number of aliphatic hydroxyl groups is 4. The van der Waals surface area contributed by atoms with Gasteiger partial charge in [-0.05, 0) is 13.3 Å². The van der Waals surface area contributed by atoms with Crippen LogP contribution in [0.5, 0.6) is 0 Å². The number of rotatable bonds is 20. The van der Waals surface area contributed by atoms with Gasteiger partial charge in [-0.1, -0.05) is 58.3 Å². The highest BCUT2D eigenvalue weighted by molar-refractivity contribution is 5.69. The first-order valence-electron chi connectivity index (χ1n) is 11.4. The minimum Gasteiger partial charge on any atom is -0.463 e. The number of carbonyl (C=O) groups is 1. The Bertz CT molecular complexity index is 341. The minimum atomic E-state index is -0.952. The molecular formula is C22H46O8. The van der Waals surface area contributed by atoms with Gasteiger partial charge in [0.15, 0.2) is 0 Å². The Balaban J connectivity index is 0. The molecule has 2 unspecified atom stereocenters. The van der Waals surface area contributed by atoms with Gasteiger partial charge in [0, 0.05) is 6.42 Å². The van der Waals surface area contributed by atoms with Crippen LogP contribution in [-0.4, -0.2) is 84.9 Å². The van der Waals surface area contributed by atoms with Gasteiger partial charge in [-0.15, -0.1) is 0 Å². The first-order valence-corrected chi connectivity index (χ1v) is 11.4. The molecule has 0 aromatic heterocycles. The third-order valence-corrected chi connectivity index (χ3v) is 4.21. The smallest absolute Gasteiger partial charge is 0.305 e. The molecular weight excluding hydrogens is 392 g/mol. The van der Waals surface area contributed by atoms with Crippen molar-refractivity contribution in [2.75, 3.05) is 46.2 Å². The number of unbranched alkanes of at least 4 members (excludes halogenated alkanes) is 8. The van der Waals surface area contributed by atoms with Crippen LogP contribution in [0, 0.1) is 0 Å². The zero-order chi connectivity index (χ0) is 22.9. The third-order valence-electron chi connectivity index (χ3n) is 4.21. The Kier molecular flexibility index (Phi) is 27.5. The lowest BCUT2D eigenvalue weighted by Crippen LogP contribution is -2.21. The quantitative estimate of drug-likeness (QED) is 0.168. The summed E-state index contributed by atoms with van der Waals surface area (Å²) >= 11 is 0. The van der Waals surface area contributed by atoms with Gasteiger partial charge in [-0.25, -0.2) is 0 Å². The SMILES string of the molecule is CC(COCCO)OCCO.CCCCCCCCCCCC(=O)OCC(O)CO. The van der Waals surface area contributed by atoms with E-state index >= 15 is 0 Å². The Hall–Kier alpha value is -0.770. The summed E-state index contributed by atoms with van der Waals surface area (Å²) in [4.78, 5) is 11.3. The van der Waals surface area contributed by atoms with Crippen molar-refractivity contribution in [3.63, 3.8) is 0 Å². The number of ether oxygens (including phenoxy) is 3. The van der Waals surface area contributed by atoms with Crippen molar-refractivity contribution in [1.82, 2.24) is 0 Å². The van der Waals surface area contributed by atoms with E-state index in [9.17, 15) is 4.79 Å². The second-order valence-electron chi connectivity index (χ2n) is 7.30. The first kappa shape index (κ1) is 31.4. The number of aliphatic hydroxyl groups excluding tert-OH is 4. The van der Waals surface area contributed by atoms with Crippen LogP contribution in [0.1, 0.15) is 78.1 Å². The van der Waals surface area contributed by atoms with Gasteiger partial charge < -0.3 is 34.6 Å². The molecule has 0 amide bonds. The number of carbonyl (C=O) groups excluding carboxylic acids is 1. The minimum absolute atomic E-state index is 0.0197. The van der Waals surface area contributed by atoms with Gasteiger partial charge >= 0.3 is 5.97 Å². The normalized spacial score (nSPS) is 12.7. The van der Waals surface area contributed by atoms with E-state index in [1.165, 1.54) is 44.9 Å². The molecule has 8 heteroatoms. The lowest BCUT2D eigenvalue weighted by Gasteiger charge is -2.11. The van der Waals surface area contributed by atoms with E-state index in [1.54, 1.807) is 0 Å². The molecule has 0 aromatic carbocycles. The van der Waals surface area contributed by atoms with Crippen molar-refractivity contribution >= 4 is 5.97 Å². The highest BCUT2D eigenvalue weighted by atomic mass is 16.5. The van der Waals surface area contributed by atoms with Crippen molar-refractivity contribution in [3.05, 3.63) is 0 Å². The van der Waals surface area contributed by atoms with E-state index in [2.05, 4.69) is 6.92 Å². The van der Waals surface area contributed by atoms with Crippen molar-refractivity contribution in [1.29, 1.82) is 0 Å². The molecule has 8 nitrogen and oxygen atoms in total. The van der Waals surface area contributed by atoms with Crippen LogP contribution in [0.3, 0.4) is 0 Å². The summed E-state index contributed by atoms with van der Waals surface area (Å²) < 4.78 is 14.9. The van der Waals surface area contributed by atoms with Crippen molar-refractivity contribution in [2.45, 2.75) is 90.3 Å². The van der Waals surface area contributed by atoms with Gasteiger partial charge in [0.25, 0.3) is 0 Å². The average Bonchev–Trinajstić information content (AvgIpc) is 2.75. The Morgan fingerprint density at radius 2 is 1.40 bits per heavy atom. The Morgan fingerprint density at radius 1 is 0.833 bits per heavy atom. The number of hydrogen-bond donors (Lipinski definition) is 4. The Morgan fingerprint density at radius 3 is 1.93 bits per heavy atom. The molecule has 0 aliphatic rings. The fourth-order valence-electron chi connectivity index (χ4n) is 2.51. The maximum absolute atomic E-state index is 11.3. The molecule has 0 saturated heterocycles. The fourth-order valence-corrected chi connectivity index (χ4v) is 2.51. The van der Waals surface area contributed by atoms with Crippen molar-refractivity contribution in [2.24, 2.45) is 0 Å². The molecule has 0 aliphatic heterocycles. The summed E-state index contributed by atoms with van der Waals surface area (Å²) in [6, 6.07) is 0. The van der Waals surface area contributed by atoms with Gasteiger partial charge in [-0.2, -0.15) is 0 Å². The summed E-state index contributed by atoms with van der Waals surface area (Å²) in [6.45, 7) is 4.80. The molecule has 0 aromatic rings. The van der Waals surface area contributed by atoms with E-state index < -0.39 is 6.10 Å². The largest absolute Gasteiger partial charge is 0.463 e. The van der Waals surface area contributed by atoms with E-state index in [0.29, 0.717) is 26.2 Å². The summed E-state index contributed by atoms with van der Waals surface area (Å²) in [5.74, 6) is -0.282. The second kappa shape index (κ2) is 26.3. The predicted octanol–water partition coefficient (Wildman–Crippen LogP) is 2.20. The van der Waals surface area contributed by atoms with E-state index in [4.69, 9.17) is 34.6 Å².